The summed E-state index contributed by atoms with van der Waals surface area (Å²) in [7, 11) is 0. The molecule has 31 heavy (non-hydrogen) atoms. The number of nitrogens with zero attached hydrogens (tertiary/aromatic N) is 4. The van der Waals surface area contributed by atoms with E-state index >= 15 is 0 Å². The normalized spacial score (nSPS) is 31.6. The lowest BCUT2D eigenvalue weighted by Crippen LogP contribution is -2.62. The van der Waals surface area contributed by atoms with Crippen LogP contribution in [0.15, 0.2) is 42.6 Å². The Kier molecular flexibility index (Phi) is 4.83. The van der Waals surface area contributed by atoms with Crippen molar-refractivity contribution < 1.29 is 9.59 Å². The van der Waals surface area contributed by atoms with Gasteiger partial charge in [-0.3, -0.25) is 9.59 Å². The van der Waals surface area contributed by atoms with Crippen LogP contribution in [0.1, 0.15) is 61.4 Å². The van der Waals surface area contributed by atoms with Crippen LogP contribution in [-0.4, -0.2) is 55.7 Å². The molecule has 0 unspecified atom stereocenters. The predicted molar refractivity (Wildman–Crippen MR) is 117 cm³/mol. The molecule has 2 aliphatic heterocycles. The topological polar surface area (TPSA) is 66.4 Å². The second-order valence-corrected chi connectivity index (χ2v) is 9.62. The molecule has 2 saturated heterocycles. The maximum atomic E-state index is 13.8. The van der Waals surface area contributed by atoms with E-state index in [0.29, 0.717) is 11.5 Å². The van der Waals surface area contributed by atoms with Crippen molar-refractivity contribution in [2.75, 3.05) is 0 Å². The number of carbonyl (C=O) groups excluding carboxylic acids is 2. The fourth-order valence-electron chi connectivity index (χ4n) is 6.63. The van der Waals surface area contributed by atoms with Gasteiger partial charge in [0.2, 0.25) is 5.91 Å². The Hall–Kier alpha value is -2.76. The number of carbonyl (C=O) groups is 2. The summed E-state index contributed by atoms with van der Waals surface area (Å²) in [6, 6.07) is 12.3. The van der Waals surface area contributed by atoms with E-state index in [9.17, 15) is 9.59 Å². The third-order valence-electron chi connectivity index (χ3n) is 7.84. The van der Waals surface area contributed by atoms with Crippen LogP contribution in [0.3, 0.4) is 0 Å². The van der Waals surface area contributed by atoms with Gasteiger partial charge in [0, 0.05) is 30.6 Å². The first-order valence-electron chi connectivity index (χ1n) is 11.4. The molecular formula is C25H30N4O2. The molecule has 5 rings (SSSR count). The zero-order valence-corrected chi connectivity index (χ0v) is 18.5. The van der Waals surface area contributed by atoms with E-state index in [1.807, 2.05) is 25.1 Å². The van der Waals surface area contributed by atoms with Crippen molar-refractivity contribution in [2.24, 2.45) is 5.41 Å². The minimum Gasteiger partial charge on any atom is -0.334 e. The van der Waals surface area contributed by atoms with Gasteiger partial charge >= 0.3 is 0 Å². The number of rotatable bonds is 3. The van der Waals surface area contributed by atoms with Crippen LogP contribution >= 0.6 is 0 Å². The molecule has 6 nitrogen and oxygen atoms in total. The first kappa shape index (κ1) is 20.2. The summed E-state index contributed by atoms with van der Waals surface area (Å²) in [5, 5.41) is 0. The number of fused-ring (bicyclic) bond motifs is 1. The second kappa shape index (κ2) is 7.43. The molecule has 2 bridgehead atoms. The molecule has 0 radical (unpaired) electrons. The fraction of sp³-hybridized carbons (Fsp3) is 0.520. The molecule has 1 aromatic carbocycles. The Morgan fingerprint density at radius 2 is 1.81 bits per heavy atom. The van der Waals surface area contributed by atoms with Crippen LogP contribution in [-0.2, 0) is 11.2 Å². The Bertz CT molecular complexity index is 1010. The molecule has 3 heterocycles. The van der Waals surface area contributed by atoms with Crippen molar-refractivity contribution >= 4 is 11.8 Å². The van der Waals surface area contributed by atoms with Crippen LogP contribution in [0.25, 0.3) is 0 Å². The van der Waals surface area contributed by atoms with Crippen molar-refractivity contribution in [1.82, 2.24) is 19.8 Å². The fourth-order valence-corrected chi connectivity index (χ4v) is 6.63. The number of hydrogen-bond acceptors (Lipinski definition) is 4. The van der Waals surface area contributed by atoms with Crippen molar-refractivity contribution in [1.29, 1.82) is 0 Å². The Labute approximate surface area is 183 Å². The highest BCUT2D eigenvalue weighted by Gasteiger charge is 2.64. The molecule has 1 aromatic heterocycles. The van der Waals surface area contributed by atoms with Gasteiger partial charge in [-0.2, -0.15) is 0 Å². The number of piperidine rings is 1. The number of benzene rings is 1. The molecule has 6 heteroatoms. The summed E-state index contributed by atoms with van der Waals surface area (Å²) in [6.07, 6.45) is 6.40. The maximum Gasteiger partial charge on any atom is 0.273 e. The van der Waals surface area contributed by atoms with Gasteiger partial charge in [-0.15, -0.1) is 0 Å². The Morgan fingerprint density at radius 3 is 2.48 bits per heavy atom. The smallest absolute Gasteiger partial charge is 0.273 e. The van der Waals surface area contributed by atoms with Gasteiger partial charge in [-0.05, 0) is 50.7 Å². The standard InChI is InChI=1S/C25H30N4O2/c1-16-26-13-12-19(27-16)24(31)29-21-15-25(3)22(10-7-11-23(25)29)28(17(2)30)20(21)14-18-8-5-4-6-9-18/h4-6,8-9,12-13,20-23H,7,10-11,14-15H2,1-3H3/t20-,21+,22-,23+,25-/m1/s1. The highest BCUT2D eigenvalue weighted by atomic mass is 16.2. The summed E-state index contributed by atoms with van der Waals surface area (Å²) < 4.78 is 0. The van der Waals surface area contributed by atoms with Gasteiger partial charge in [0.1, 0.15) is 11.5 Å². The minimum atomic E-state index is -0.0699. The van der Waals surface area contributed by atoms with E-state index in [1.165, 1.54) is 5.56 Å². The monoisotopic (exact) mass is 418 g/mol. The van der Waals surface area contributed by atoms with Gasteiger partial charge in [-0.25, -0.2) is 9.97 Å². The number of likely N-dealkylation sites (tertiary alicyclic amines) is 2. The van der Waals surface area contributed by atoms with Crippen LogP contribution in [0.5, 0.6) is 0 Å². The average Bonchev–Trinajstić information content (AvgIpc) is 3.06. The molecule has 162 valence electrons. The van der Waals surface area contributed by atoms with Crippen LogP contribution in [0.4, 0.5) is 0 Å². The average molecular weight is 419 g/mol. The van der Waals surface area contributed by atoms with E-state index in [-0.39, 0.29) is 41.4 Å². The molecule has 1 saturated carbocycles. The molecule has 2 amide bonds. The van der Waals surface area contributed by atoms with E-state index < -0.39 is 0 Å². The minimum absolute atomic E-state index is 0.00349. The van der Waals surface area contributed by atoms with E-state index in [2.05, 4.69) is 38.8 Å². The number of amides is 2. The number of hydrogen-bond donors (Lipinski definition) is 0. The third kappa shape index (κ3) is 3.15. The molecule has 0 spiro atoms. The lowest BCUT2D eigenvalue weighted by atomic mass is 9.64. The van der Waals surface area contributed by atoms with Gasteiger partial charge in [0.05, 0.1) is 12.1 Å². The van der Waals surface area contributed by atoms with Gasteiger partial charge in [-0.1, -0.05) is 37.3 Å². The van der Waals surface area contributed by atoms with E-state index in [4.69, 9.17) is 0 Å². The highest BCUT2D eigenvalue weighted by molar-refractivity contribution is 5.93. The summed E-state index contributed by atoms with van der Waals surface area (Å²) in [5.74, 6) is 0.704. The van der Waals surface area contributed by atoms with Gasteiger partial charge in [0.25, 0.3) is 5.91 Å². The van der Waals surface area contributed by atoms with Crippen LogP contribution in [0, 0.1) is 12.3 Å². The highest BCUT2D eigenvalue weighted by Crippen LogP contribution is 2.56. The van der Waals surface area contributed by atoms with E-state index in [0.717, 1.165) is 32.1 Å². The van der Waals surface area contributed by atoms with Crippen LogP contribution < -0.4 is 0 Å². The largest absolute Gasteiger partial charge is 0.334 e. The summed E-state index contributed by atoms with van der Waals surface area (Å²) in [4.78, 5) is 39.6. The lowest BCUT2D eigenvalue weighted by Gasteiger charge is -2.52. The van der Waals surface area contributed by atoms with Crippen molar-refractivity contribution in [3.8, 4) is 0 Å². The summed E-state index contributed by atoms with van der Waals surface area (Å²) in [5.41, 5.74) is 1.59. The molecule has 3 fully saturated rings. The van der Waals surface area contributed by atoms with Crippen LogP contribution in [0.2, 0.25) is 0 Å². The van der Waals surface area contributed by atoms with Crippen molar-refractivity contribution in [3.63, 3.8) is 0 Å². The molecule has 1 aliphatic carbocycles. The van der Waals surface area contributed by atoms with Gasteiger partial charge < -0.3 is 9.80 Å². The first-order chi connectivity index (χ1) is 14.9. The molecule has 5 atom stereocenters. The number of aryl methyl sites for hydroxylation is 1. The summed E-state index contributed by atoms with van der Waals surface area (Å²) in [6.45, 7) is 5.80. The second-order valence-electron chi connectivity index (χ2n) is 9.62. The SMILES string of the molecule is CC(=O)N1[C@H](Cc2ccccc2)[C@@H]2C[C@@]3(C)[C@H](CCC[C@@H]13)N2C(=O)c1ccnc(C)n1. The van der Waals surface area contributed by atoms with Crippen molar-refractivity contribution in [3.05, 3.63) is 59.7 Å². The Morgan fingerprint density at radius 1 is 1.10 bits per heavy atom. The zero-order chi connectivity index (χ0) is 21.8. The maximum absolute atomic E-state index is 13.8. The molecule has 0 N–H and O–H groups in total. The van der Waals surface area contributed by atoms with Crippen molar-refractivity contribution in [2.45, 2.75) is 77.0 Å². The lowest BCUT2D eigenvalue weighted by molar-refractivity contribution is -0.142. The van der Waals surface area contributed by atoms with Gasteiger partial charge in [0.15, 0.2) is 0 Å². The molecule has 3 aliphatic rings. The third-order valence-corrected chi connectivity index (χ3v) is 7.84. The quantitative estimate of drug-likeness (QED) is 0.766. The zero-order valence-electron chi connectivity index (χ0n) is 18.5. The predicted octanol–water partition coefficient (Wildman–Crippen LogP) is 3.40. The first-order valence-corrected chi connectivity index (χ1v) is 11.4. The molecule has 2 aromatic rings. The molecular weight excluding hydrogens is 388 g/mol. The van der Waals surface area contributed by atoms with E-state index in [1.54, 1.807) is 19.2 Å². The Balaban J connectivity index is 1.59. The number of aromatic nitrogens is 2. The summed E-state index contributed by atoms with van der Waals surface area (Å²) >= 11 is 0.